The van der Waals surface area contributed by atoms with Crippen molar-refractivity contribution in [3.05, 3.63) is 0 Å². The van der Waals surface area contributed by atoms with Crippen molar-refractivity contribution in [2.75, 3.05) is 40.0 Å². The molecule has 0 heterocycles. The normalized spacial score (nSPS) is 12.2. The minimum absolute atomic E-state index is 0.0457. The number of ether oxygens (including phenoxy) is 2. The molecular weight excluding hydrogens is 226 g/mol. The molecule has 0 saturated carbocycles. The summed E-state index contributed by atoms with van der Waals surface area (Å²) in [6, 6.07) is 0. The van der Waals surface area contributed by atoms with Crippen LogP contribution in [0, 0.1) is 5.92 Å². The van der Waals surface area contributed by atoms with Crippen molar-refractivity contribution in [2.45, 2.75) is 13.8 Å². The van der Waals surface area contributed by atoms with Gasteiger partial charge in [-0.15, -0.1) is 0 Å². The van der Waals surface area contributed by atoms with Gasteiger partial charge in [0, 0.05) is 20.2 Å². The van der Waals surface area contributed by atoms with Crippen molar-refractivity contribution in [1.82, 2.24) is 4.90 Å². The van der Waals surface area contributed by atoms with Crippen LogP contribution in [0.25, 0.3) is 0 Å². The molecule has 0 rings (SSSR count). The average Bonchev–Trinajstić information content (AvgIpc) is 2.28. The van der Waals surface area contributed by atoms with E-state index in [9.17, 15) is 9.59 Å². The molecular formula is C11H21NO5. The van der Waals surface area contributed by atoms with Crippen molar-refractivity contribution < 1.29 is 24.2 Å². The van der Waals surface area contributed by atoms with Crippen LogP contribution in [-0.2, 0) is 19.1 Å². The highest BCUT2D eigenvalue weighted by atomic mass is 16.5. The third-order valence-corrected chi connectivity index (χ3v) is 2.20. The molecule has 0 saturated heterocycles. The van der Waals surface area contributed by atoms with Crippen LogP contribution in [0.3, 0.4) is 0 Å². The fourth-order valence-electron chi connectivity index (χ4n) is 1.12. The molecule has 100 valence electrons. The Kier molecular flexibility index (Phi) is 8.35. The average molecular weight is 247 g/mol. The highest BCUT2D eigenvalue weighted by molar-refractivity contribution is 5.78. The van der Waals surface area contributed by atoms with Crippen LogP contribution < -0.4 is 0 Å². The van der Waals surface area contributed by atoms with Crippen LogP contribution in [0.1, 0.15) is 13.8 Å². The lowest BCUT2D eigenvalue weighted by atomic mass is 10.2. The number of carbonyl (C=O) groups is 2. The molecule has 1 N–H and O–H groups in total. The Morgan fingerprint density at radius 1 is 1.29 bits per heavy atom. The van der Waals surface area contributed by atoms with Crippen LogP contribution >= 0.6 is 0 Å². The van der Waals surface area contributed by atoms with Crippen molar-refractivity contribution in [3.8, 4) is 0 Å². The molecule has 0 aromatic rings. The third kappa shape index (κ3) is 7.70. The van der Waals surface area contributed by atoms with E-state index in [1.807, 2.05) is 6.92 Å². The van der Waals surface area contributed by atoms with Gasteiger partial charge in [0.05, 0.1) is 19.1 Å². The topological polar surface area (TPSA) is 76.1 Å². The summed E-state index contributed by atoms with van der Waals surface area (Å²) in [4.78, 5) is 23.5. The van der Waals surface area contributed by atoms with Gasteiger partial charge < -0.3 is 19.5 Å². The molecule has 0 spiro atoms. The van der Waals surface area contributed by atoms with Crippen LogP contribution in [0.2, 0.25) is 0 Å². The molecule has 6 nitrogen and oxygen atoms in total. The monoisotopic (exact) mass is 247 g/mol. The maximum Gasteiger partial charge on any atom is 0.308 e. The van der Waals surface area contributed by atoms with E-state index in [1.165, 1.54) is 4.90 Å². The van der Waals surface area contributed by atoms with E-state index in [1.54, 1.807) is 14.0 Å². The van der Waals surface area contributed by atoms with E-state index in [2.05, 4.69) is 0 Å². The standard InChI is InChI=1S/C11H21NO5/c1-4-16-5-6-17-8-10(13)12(3)7-9(2)11(14)15/h9H,4-8H2,1-3H3,(H,14,15). The number of rotatable bonds is 9. The number of carboxylic acids is 1. The molecule has 0 aromatic carbocycles. The van der Waals surface area contributed by atoms with E-state index in [0.29, 0.717) is 19.8 Å². The number of carbonyl (C=O) groups excluding carboxylic acids is 1. The SMILES string of the molecule is CCOCCOCC(=O)N(C)CC(C)C(=O)O. The second-order valence-corrected chi connectivity index (χ2v) is 3.76. The van der Waals surface area contributed by atoms with E-state index >= 15 is 0 Å². The first-order valence-electron chi connectivity index (χ1n) is 5.61. The Morgan fingerprint density at radius 3 is 2.41 bits per heavy atom. The number of amides is 1. The van der Waals surface area contributed by atoms with Crippen molar-refractivity contribution in [3.63, 3.8) is 0 Å². The van der Waals surface area contributed by atoms with Crippen LogP contribution in [0.4, 0.5) is 0 Å². The molecule has 6 heteroatoms. The molecule has 0 aliphatic rings. The summed E-state index contributed by atoms with van der Waals surface area (Å²) in [6.45, 7) is 5.02. The van der Waals surface area contributed by atoms with Gasteiger partial charge >= 0.3 is 5.97 Å². The summed E-state index contributed by atoms with van der Waals surface area (Å²) in [7, 11) is 1.56. The Labute approximate surface area is 101 Å². The smallest absolute Gasteiger partial charge is 0.308 e. The molecule has 1 unspecified atom stereocenters. The van der Waals surface area contributed by atoms with Crippen molar-refractivity contribution in [2.24, 2.45) is 5.92 Å². The van der Waals surface area contributed by atoms with Gasteiger partial charge in [-0.05, 0) is 6.92 Å². The summed E-state index contributed by atoms with van der Waals surface area (Å²) in [5, 5.41) is 8.70. The van der Waals surface area contributed by atoms with Gasteiger partial charge in [0.2, 0.25) is 5.91 Å². The minimum Gasteiger partial charge on any atom is -0.481 e. The van der Waals surface area contributed by atoms with Crippen molar-refractivity contribution >= 4 is 11.9 Å². The van der Waals surface area contributed by atoms with Gasteiger partial charge in [-0.25, -0.2) is 0 Å². The highest BCUT2D eigenvalue weighted by Crippen LogP contribution is 1.98. The van der Waals surface area contributed by atoms with Gasteiger partial charge in [-0.3, -0.25) is 9.59 Å². The predicted molar refractivity (Wildman–Crippen MR) is 61.7 cm³/mol. The Bertz CT molecular complexity index is 244. The summed E-state index contributed by atoms with van der Waals surface area (Å²) in [5.41, 5.74) is 0. The molecule has 0 radical (unpaired) electrons. The first kappa shape index (κ1) is 15.9. The summed E-state index contributed by atoms with van der Waals surface area (Å²) in [5.74, 6) is -1.72. The Hall–Kier alpha value is -1.14. The molecule has 0 aliphatic heterocycles. The van der Waals surface area contributed by atoms with Gasteiger partial charge in [0.15, 0.2) is 0 Å². The molecule has 0 aliphatic carbocycles. The van der Waals surface area contributed by atoms with Gasteiger partial charge in [-0.1, -0.05) is 6.92 Å². The number of hydrogen-bond donors (Lipinski definition) is 1. The molecule has 0 fully saturated rings. The highest BCUT2D eigenvalue weighted by Gasteiger charge is 2.17. The zero-order chi connectivity index (χ0) is 13.3. The van der Waals surface area contributed by atoms with Gasteiger partial charge in [0.25, 0.3) is 0 Å². The first-order valence-corrected chi connectivity index (χ1v) is 5.61. The van der Waals surface area contributed by atoms with Crippen LogP contribution in [0.5, 0.6) is 0 Å². The lowest BCUT2D eigenvalue weighted by molar-refractivity contribution is -0.143. The predicted octanol–water partition coefficient (Wildman–Crippen LogP) is 0.219. The molecule has 1 amide bonds. The quantitative estimate of drug-likeness (QED) is 0.590. The van der Waals surface area contributed by atoms with E-state index < -0.39 is 11.9 Å². The zero-order valence-corrected chi connectivity index (χ0v) is 10.6. The fraction of sp³-hybridized carbons (Fsp3) is 0.818. The number of aliphatic carboxylic acids is 1. The second-order valence-electron chi connectivity index (χ2n) is 3.76. The van der Waals surface area contributed by atoms with Gasteiger partial charge in [-0.2, -0.15) is 0 Å². The number of likely N-dealkylation sites (N-methyl/N-ethyl adjacent to an activating group) is 1. The lowest BCUT2D eigenvalue weighted by Crippen LogP contribution is -2.36. The molecule has 0 aromatic heterocycles. The van der Waals surface area contributed by atoms with E-state index in [-0.39, 0.29) is 19.1 Å². The lowest BCUT2D eigenvalue weighted by Gasteiger charge is -2.19. The number of hydrogen-bond acceptors (Lipinski definition) is 4. The molecule has 17 heavy (non-hydrogen) atoms. The molecule has 0 bridgehead atoms. The first-order chi connectivity index (χ1) is 7.99. The molecule has 1 atom stereocenters. The van der Waals surface area contributed by atoms with Crippen LogP contribution in [0.15, 0.2) is 0 Å². The Balaban J connectivity index is 3.71. The van der Waals surface area contributed by atoms with E-state index in [4.69, 9.17) is 14.6 Å². The Morgan fingerprint density at radius 2 is 1.88 bits per heavy atom. The van der Waals surface area contributed by atoms with Crippen molar-refractivity contribution in [1.29, 1.82) is 0 Å². The largest absolute Gasteiger partial charge is 0.481 e. The maximum absolute atomic E-state index is 11.5. The van der Waals surface area contributed by atoms with Gasteiger partial charge in [0.1, 0.15) is 6.61 Å². The zero-order valence-electron chi connectivity index (χ0n) is 10.6. The minimum atomic E-state index is -0.915. The number of nitrogens with zero attached hydrogens (tertiary/aromatic N) is 1. The fourth-order valence-corrected chi connectivity index (χ4v) is 1.12. The second kappa shape index (κ2) is 8.95. The summed E-state index contributed by atoms with van der Waals surface area (Å²) in [6.07, 6.45) is 0. The summed E-state index contributed by atoms with van der Waals surface area (Å²) >= 11 is 0. The number of carboxylic acid groups (broad SMARTS) is 1. The van der Waals surface area contributed by atoms with Crippen LogP contribution in [-0.4, -0.2) is 61.9 Å². The third-order valence-electron chi connectivity index (χ3n) is 2.20. The maximum atomic E-state index is 11.5. The summed E-state index contributed by atoms with van der Waals surface area (Å²) < 4.78 is 10.1. The van der Waals surface area contributed by atoms with E-state index in [0.717, 1.165) is 0 Å².